The lowest BCUT2D eigenvalue weighted by molar-refractivity contribution is -0.119. The van der Waals surface area contributed by atoms with Crippen LogP contribution in [-0.2, 0) is 4.79 Å². The maximum absolute atomic E-state index is 12.8. The first-order chi connectivity index (χ1) is 12.6. The van der Waals surface area contributed by atoms with Gasteiger partial charge >= 0.3 is 0 Å². The van der Waals surface area contributed by atoms with Crippen LogP contribution >= 0.6 is 0 Å². The summed E-state index contributed by atoms with van der Waals surface area (Å²) in [4.78, 5) is 17.4. The monoisotopic (exact) mass is 344 g/mol. The molecule has 1 atom stereocenters. The fraction of sp³-hybridized carbons (Fsp3) is 0.190. The van der Waals surface area contributed by atoms with Gasteiger partial charge in [0.1, 0.15) is 0 Å². The van der Waals surface area contributed by atoms with Crippen molar-refractivity contribution in [3.8, 4) is 0 Å². The molecule has 1 aromatic heterocycles. The maximum Gasteiger partial charge on any atom is 0.258 e. The number of anilines is 2. The average Bonchev–Trinajstić information content (AvgIpc) is 2.95. The minimum Gasteiger partial charge on any atom is -0.382 e. The van der Waals surface area contributed by atoms with Crippen LogP contribution in [0.15, 0.2) is 65.8 Å². The number of pyridine rings is 1. The molecule has 5 nitrogen and oxygen atoms in total. The summed E-state index contributed by atoms with van der Waals surface area (Å²) in [5, 5.41) is 10.4. The van der Waals surface area contributed by atoms with Crippen LogP contribution in [0.2, 0.25) is 0 Å². The smallest absolute Gasteiger partial charge is 0.258 e. The summed E-state index contributed by atoms with van der Waals surface area (Å²) in [7, 11) is 0. The number of para-hydroxylation sites is 2. The fourth-order valence-corrected chi connectivity index (χ4v) is 3.19. The third kappa shape index (κ3) is 2.92. The number of benzene rings is 2. The van der Waals surface area contributed by atoms with Crippen molar-refractivity contribution in [2.45, 2.75) is 13.8 Å². The van der Waals surface area contributed by atoms with Crippen molar-refractivity contribution >= 4 is 33.9 Å². The molecule has 0 radical (unpaired) electrons. The summed E-state index contributed by atoms with van der Waals surface area (Å²) in [6, 6.07) is 19.6. The van der Waals surface area contributed by atoms with Crippen LogP contribution in [0.1, 0.15) is 12.6 Å². The number of carbonyl (C=O) groups is 1. The topological polar surface area (TPSA) is 57.6 Å². The lowest BCUT2D eigenvalue weighted by Crippen LogP contribution is -2.31. The number of amides is 1. The Morgan fingerprint density at radius 3 is 2.62 bits per heavy atom. The molecule has 1 aliphatic heterocycles. The number of hydrogen-bond donors (Lipinski definition) is 1. The van der Waals surface area contributed by atoms with E-state index in [9.17, 15) is 4.79 Å². The number of aromatic nitrogens is 1. The Hall–Kier alpha value is -3.21. The van der Waals surface area contributed by atoms with Gasteiger partial charge in [-0.2, -0.15) is 5.10 Å². The summed E-state index contributed by atoms with van der Waals surface area (Å²) in [6.45, 7) is 4.37. The van der Waals surface area contributed by atoms with Gasteiger partial charge in [0.2, 0.25) is 0 Å². The zero-order chi connectivity index (χ0) is 18.1. The average molecular weight is 344 g/mol. The Balaban J connectivity index is 1.55. The van der Waals surface area contributed by atoms with Gasteiger partial charge in [0.05, 0.1) is 28.5 Å². The van der Waals surface area contributed by atoms with Crippen molar-refractivity contribution in [3.05, 3.63) is 66.4 Å². The highest BCUT2D eigenvalue weighted by Gasteiger charge is 2.34. The summed E-state index contributed by atoms with van der Waals surface area (Å²) in [5.41, 5.74) is 4.44. The molecule has 2 aromatic carbocycles. The molecule has 130 valence electrons. The van der Waals surface area contributed by atoms with Crippen LogP contribution in [0.25, 0.3) is 10.9 Å². The molecule has 0 bridgehead atoms. The lowest BCUT2D eigenvalue weighted by Gasteiger charge is -2.16. The van der Waals surface area contributed by atoms with Crippen LogP contribution in [0.4, 0.5) is 11.4 Å². The van der Waals surface area contributed by atoms with Crippen molar-refractivity contribution in [2.24, 2.45) is 11.0 Å². The Morgan fingerprint density at radius 1 is 1.00 bits per heavy atom. The van der Waals surface area contributed by atoms with Crippen LogP contribution in [-0.4, -0.2) is 23.1 Å². The van der Waals surface area contributed by atoms with E-state index in [-0.39, 0.29) is 11.8 Å². The Labute approximate surface area is 152 Å². The van der Waals surface area contributed by atoms with E-state index >= 15 is 0 Å². The van der Waals surface area contributed by atoms with Gasteiger partial charge in [-0.05, 0) is 38.1 Å². The molecule has 0 fully saturated rings. The number of nitrogens with one attached hydrogen (secondary N) is 1. The summed E-state index contributed by atoms with van der Waals surface area (Å²) >= 11 is 0. The Bertz CT molecular complexity index is 997. The van der Waals surface area contributed by atoms with Gasteiger partial charge in [-0.15, -0.1) is 0 Å². The minimum atomic E-state index is -0.282. The van der Waals surface area contributed by atoms with Crippen LogP contribution < -0.4 is 10.3 Å². The number of carbonyl (C=O) groups excluding carboxylic acids is 1. The normalized spacial score (nSPS) is 16.8. The zero-order valence-corrected chi connectivity index (χ0v) is 14.8. The lowest BCUT2D eigenvalue weighted by atomic mass is 10.0. The van der Waals surface area contributed by atoms with E-state index in [0.717, 1.165) is 33.7 Å². The number of rotatable bonds is 4. The predicted molar refractivity (Wildman–Crippen MR) is 105 cm³/mol. The van der Waals surface area contributed by atoms with Gasteiger partial charge in [0.25, 0.3) is 5.91 Å². The van der Waals surface area contributed by atoms with Gasteiger partial charge in [0.15, 0.2) is 0 Å². The maximum atomic E-state index is 12.8. The summed E-state index contributed by atoms with van der Waals surface area (Å²) < 4.78 is 0. The predicted octanol–water partition coefficient (Wildman–Crippen LogP) is 3.99. The van der Waals surface area contributed by atoms with Gasteiger partial charge in [-0.3, -0.25) is 9.78 Å². The number of nitrogens with zero attached hydrogens (tertiary/aromatic N) is 3. The van der Waals surface area contributed by atoms with E-state index in [2.05, 4.69) is 21.5 Å². The number of aryl methyl sites for hydroxylation is 1. The van der Waals surface area contributed by atoms with Crippen LogP contribution in [0, 0.1) is 12.8 Å². The second-order valence-electron chi connectivity index (χ2n) is 6.49. The molecule has 26 heavy (non-hydrogen) atoms. The standard InChI is InChI=1S/C21H20N4O/c1-14-11-12-16-7-6-10-19(20(16)23-14)22-13-18-15(2)24-25(21(18)26)17-8-4-3-5-9-17/h3-12,18,22H,13H2,1-2H3. The second-order valence-corrected chi connectivity index (χ2v) is 6.49. The van der Waals surface area contributed by atoms with Gasteiger partial charge in [0, 0.05) is 17.6 Å². The fourth-order valence-electron chi connectivity index (χ4n) is 3.19. The summed E-state index contributed by atoms with van der Waals surface area (Å²) in [6.07, 6.45) is 0. The summed E-state index contributed by atoms with van der Waals surface area (Å²) in [5.74, 6) is -0.291. The van der Waals surface area contributed by atoms with Crippen molar-refractivity contribution in [2.75, 3.05) is 16.9 Å². The molecule has 0 saturated heterocycles. The van der Waals surface area contributed by atoms with Crippen LogP contribution in [0.5, 0.6) is 0 Å². The molecule has 1 unspecified atom stereocenters. The largest absolute Gasteiger partial charge is 0.382 e. The first-order valence-corrected chi connectivity index (χ1v) is 8.68. The first-order valence-electron chi connectivity index (χ1n) is 8.68. The van der Waals surface area contributed by atoms with E-state index in [1.54, 1.807) is 0 Å². The van der Waals surface area contributed by atoms with E-state index < -0.39 is 0 Å². The van der Waals surface area contributed by atoms with Crippen molar-refractivity contribution < 1.29 is 4.79 Å². The molecule has 0 saturated carbocycles. The molecule has 0 aliphatic carbocycles. The Morgan fingerprint density at radius 2 is 1.81 bits per heavy atom. The van der Waals surface area contributed by atoms with Gasteiger partial charge in [-0.1, -0.05) is 36.4 Å². The Kier molecular flexibility index (Phi) is 4.13. The number of hydrazone groups is 1. The van der Waals surface area contributed by atoms with E-state index in [0.29, 0.717) is 6.54 Å². The zero-order valence-electron chi connectivity index (χ0n) is 14.8. The quantitative estimate of drug-likeness (QED) is 0.778. The van der Waals surface area contributed by atoms with Crippen molar-refractivity contribution in [3.63, 3.8) is 0 Å². The molecular weight excluding hydrogens is 324 g/mol. The second kappa shape index (κ2) is 6.59. The SMILES string of the molecule is CC1=NN(c2ccccc2)C(=O)C1CNc1cccc2ccc(C)nc12. The van der Waals surface area contributed by atoms with E-state index in [1.807, 2.05) is 68.4 Å². The number of fused-ring (bicyclic) bond motifs is 1. The number of hydrogen-bond acceptors (Lipinski definition) is 4. The van der Waals surface area contributed by atoms with Crippen molar-refractivity contribution in [1.29, 1.82) is 0 Å². The molecule has 2 heterocycles. The molecule has 1 N–H and O–H groups in total. The van der Waals surface area contributed by atoms with Crippen molar-refractivity contribution in [1.82, 2.24) is 4.98 Å². The molecule has 1 amide bonds. The highest BCUT2D eigenvalue weighted by molar-refractivity contribution is 6.15. The van der Waals surface area contributed by atoms with E-state index in [1.165, 1.54) is 5.01 Å². The third-order valence-electron chi connectivity index (χ3n) is 4.63. The van der Waals surface area contributed by atoms with Gasteiger partial charge in [-0.25, -0.2) is 5.01 Å². The minimum absolute atomic E-state index is 0.00873. The molecular formula is C21H20N4O. The highest BCUT2D eigenvalue weighted by Crippen LogP contribution is 2.26. The first kappa shape index (κ1) is 16.3. The van der Waals surface area contributed by atoms with E-state index in [4.69, 9.17) is 0 Å². The molecule has 0 spiro atoms. The molecule has 5 heteroatoms. The van der Waals surface area contributed by atoms with Crippen LogP contribution in [0.3, 0.4) is 0 Å². The molecule has 4 rings (SSSR count). The molecule has 3 aromatic rings. The van der Waals surface area contributed by atoms with Gasteiger partial charge < -0.3 is 5.32 Å². The highest BCUT2D eigenvalue weighted by atomic mass is 16.2. The molecule has 1 aliphatic rings. The third-order valence-corrected chi connectivity index (χ3v) is 4.63.